The highest BCUT2D eigenvalue weighted by atomic mass is 16.4. The molecule has 25 heavy (non-hydrogen) atoms. The molecular formula is C19H20N2O4. The summed E-state index contributed by atoms with van der Waals surface area (Å²) in [4.78, 5) is 34.5. The Kier molecular flexibility index (Phi) is 6.28. The van der Waals surface area contributed by atoms with Gasteiger partial charge in [-0.15, -0.1) is 0 Å². The maximum atomic E-state index is 12.0. The van der Waals surface area contributed by atoms with Gasteiger partial charge in [-0.1, -0.05) is 29.8 Å². The van der Waals surface area contributed by atoms with Crippen molar-refractivity contribution in [2.45, 2.75) is 19.9 Å². The fraction of sp³-hybridized carbons (Fsp3) is 0.211. The van der Waals surface area contributed by atoms with Gasteiger partial charge >= 0.3 is 5.97 Å². The van der Waals surface area contributed by atoms with Crippen LogP contribution in [-0.4, -0.2) is 29.4 Å². The predicted molar refractivity (Wildman–Crippen MR) is 93.4 cm³/mol. The van der Waals surface area contributed by atoms with Crippen LogP contribution >= 0.6 is 0 Å². The van der Waals surface area contributed by atoms with Gasteiger partial charge in [0, 0.05) is 25.1 Å². The van der Waals surface area contributed by atoms with Crippen molar-refractivity contribution in [2.24, 2.45) is 0 Å². The number of rotatable bonds is 7. The lowest BCUT2D eigenvalue weighted by Crippen LogP contribution is -2.30. The van der Waals surface area contributed by atoms with Crippen LogP contribution in [0.5, 0.6) is 0 Å². The van der Waals surface area contributed by atoms with Gasteiger partial charge in [0.1, 0.15) is 0 Å². The van der Waals surface area contributed by atoms with E-state index in [1.807, 2.05) is 19.1 Å². The third-order valence-electron chi connectivity index (χ3n) is 3.61. The van der Waals surface area contributed by atoms with Gasteiger partial charge in [-0.2, -0.15) is 0 Å². The van der Waals surface area contributed by atoms with Crippen LogP contribution in [0.15, 0.2) is 48.5 Å². The van der Waals surface area contributed by atoms with E-state index in [1.54, 1.807) is 24.3 Å². The van der Waals surface area contributed by atoms with Gasteiger partial charge in [0.05, 0.1) is 5.56 Å². The molecule has 0 aliphatic carbocycles. The van der Waals surface area contributed by atoms with Crippen molar-refractivity contribution in [2.75, 3.05) is 6.54 Å². The Labute approximate surface area is 145 Å². The molecule has 0 fully saturated rings. The second-order valence-electron chi connectivity index (χ2n) is 5.65. The molecule has 0 aliphatic rings. The Bertz CT molecular complexity index is 769. The van der Waals surface area contributed by atoms with Crippen molar-refractivity contribution in [3.05, 3.63) is 70.8 Å². The lowest BCUT2D eigenvalue weighted by atomic mass is 10.1. The number of aromatic carboxylic acids is 1. The summed E-state index contributed by atoms with van der Waals surface area (Å²) in [6.45, 7) is 2.47. The maximum Gasteiger partial charge on any atom is 0.335 e. The molecule has 2 rings (SSSR count). The quantitative estimate of drug-likeness (QED) is 0.719. The van der Waals surface area contributed by atoms with Crippen molar-refractivity contribution < 1.29 is 19.5 Å². The molecule has 0 saturated heterocycles. The van der Waals surface area contributed by atoms with E-state index in [-0.39, 0.29) is 30.3 Å². The molecule has 130 valence electrons. The zero-order valence-electron chi connectivity index (χ0n) is 13.9. The number of carboxylic acids is 1. The number of carboxylic acid groups (broad SMARTS) is 1. The van der Waals surface area contributed by atoms with Crippen LogP contribution in [-0.2, 0) is 11.3 Å². The molecule has 0 bridgehead atoms. The number of carbonyl (C=O) groups is 3. The van der Waals surface area contributed by atoms with E-state index in [1.165, 1.54) is 12.1 Å². The van der Waals surface area contributed by atoms with Gasteiger partial charge in [-0.3, -0.25) is 9.59 Å². The summed E-state index contributed by atoms with van der Waals surface area (Å²) in [6, 6.07) is 13.5. The molecule has 0 radical (unpaired) electrons. The normalized spacial score (nSPS) is 10.1. The van der Waals surface area contributed by atoms with Gasteiger partial charge in [-0.25, -0.2) is 4.79 Å². The monoisotopic (exact) mass is 340 g/mol. The second kappa shape index (κ2) is 8.63. The Morgan fingerprint density at radius 1 is 0.960 bits per heavy atom. The van der Waals surface area contributed by atoms with Gasteiger partial charge < -0.3 is 15.7 Å². The van der Waals surface area contributed by atoms with Gasteiger partial charge in [0.15, 0.2) is 0 Å². The first kappa shape index (κ1) is 18.2. The largest absolute Gasteiger partial charge is 0.478 e. The fourth-order valence-electron chi connectivity index (χ4n) is 2.23. The Morgan fingerprint density at radius 3 is 2.32 bits per heavy atom. The number of nitrogens with one attached hydrogen (secondary N) is 2. The molecule has 3 N–H and O–H groups in total. The summed E-state index contributed by atoms with van der Waals surface area (Å²) in [5, 5.41) is 14.3. The van der Waals surface area contributed by atoms with Crippen LogP contribution in [0.1, 0.15) is 38.3 Å². The minimum absolute atomic E-state index is 0.171. The van der Waals surface area contributed by atoms with E-state index in [2.05, 4.69) is 10.6 Å². The van der Waals surface area contributed by atoms with E-state index in [4.69, 9.17) is 5.11 Å². The van der Waals surface area contributed by atoms with Crippen molar-refractivity contribution in [1.82, 2.24) is 10.6 Å². The molecule has 2 amide bonds. The number of amides is 2. The number of aryl methyl sites for hydroxylation is 1. The third-order valence-corrected chi connectivity index (χ3v) is 3.61. The molecule has 2 aromatic carbocycles. The van der Waals surface area contributed by atoms with E-state index in [9.17, 15) is 14.4 Å². The standard InChI is InChI=1S/C19H20N2O4/c1-13-3-2-4-16(11-13)18(23)20-10-9-17(22)21-12-14-5-7-15(8-6-14)19(24)25/h2-8,11H,9-10,12H2,1H3,(H,20,23)(H,21,22)(H,24,25). The first-order valence-electron chi connectivity index (χ1n) is 7.89. The highest BCUT2D eigenvalue weighted by Gasteiger charge is 2.07. The van der Waals surface area contributed by atoms with E-state index in [0.717, 1.165) is 11.1 Å². The summed E-state index contributed by atoms with van der Waals surface area (Å²) in [7, 11) is 0. The van der Waals surface area contributed by atoms with Crippen LogP contribution < -0.4 is 10.6 Å². The van der Waals surface area contributed by atoms with E-state index in [0.29, 0.717) is 12.1 Å². The molecule has 0 saturated carbocycles. The first-order valence-corrected chi connectivity index (χ1v) is 7.89. The molecule has 0 aliphatic heterocycles. The highest BCUT2D eigenvalue weighted by Crippen LogP contribution is 2.05. The SMILES string of the molecule is Cc1cccc(C(=O)NCCC(=O)NCc2ccc(C(=O)O)cc2)c1. The van der Waals surface area contributed by atoms with E-state index >= 15 is 0 Å². The molecule has 0 unspecified atom stereocenters. The number of carbonyl (C=O) groups excluding carboxylic acids is 2. The summed E-state index contributed by atoms with van der Waals surface area (Å²) < 4.78 is 0. The minimum Gasteiger partial charge on any atom is -0.478 e. The zero-order chi connectivity index (χ0) is 18.2. The van der Waals surface area contributed by atoms with Gasteiger partial charge in [0.2, 0.25) is 5.91 Å². The Balaban J connectivity index is 1.72. The molecule has 0 atom stereocenters. The van der Waals surface area contributed by atoms with Crippen molar-refractivity contribution >= 4 is 17.8 Å². The third kappa shape index (κ3) is 5.76. The van der Waals surface area contributed by atoms with Crippen molar-refractivity contribution in [3.8, 4) is 0 Å². The average Bonchev–Trinajstić information content (AvgIpc) is 2.60. The molecule has 0 heterocycles. The highest BCUT2D eigenvalue weighted by molar-refractivity contribution is 5.94. The Morgan fingerprint density at radius 2 is 1.68 bits per heavy atom. The molecule has 6 heteroatoms. The summed E-state index contributed by atoms with van der Waals surface area (Å²) in [5.74, 6) is -1.38. The first-order chi connectivity index (χ1) is 12.0. The van der Waals surface area contributed by atoms with Crippen LogP contribution in [0.4, 0.5) is 0 Å². The van der Waals surface area contributed by atoms with Gasteiger partial charge in [-0.05, 0) is 36.8 Å². The van der Waals surface area contributed by atoms with Crippen molar-refractivity contribution in [1.29, 1.82) is 0 Å². The molecule has 0 aromatic heterocycles. The topological polar surface area (TPSA) is 95.5 Å². The minimum atomic E-state index is -0.986. The van der Waals surface area contributed by atoms with Crippen LogP contribution in [0.2, 0.25) is 0 Å². The second-order valence-corrected chi connectivity index (χ2v) is 5.65. The Hall–Kier alpha value is -3.15. The maximum absolute atomic E-state index is 12.0. The van der Waals surface area contributed by atoms with Crippen molar-refractivity contribution in [3.63, 3.8) is 0 Å². The predicted octanol–water partition coefficient (Wildman–Crippen LogP) is 2.13. The van der Waals surface area contributed by atoms with Crippen LogP contribution in [0.25, 0.3) is 0 Å². The summed E-state index contributed by atoms with van der Waals surface area (Å²) in [6.07, 6.45) is 0.171. The number of hydrogen-bond donors (Lipinski definition) is 3. The lowest BCUT2D eigenvalue weighted by molar-refractivity contribution is -0.121. The molecule has 2 aromatic rings. The zero-order valence-corrected chi connectivity index (χ0v) is 13.9. The molecule has 6 nitrogen and oxygen atoms in total. The van der Waals surface area contributed by atoms with Crippen LogP contribution in [0.3, 0.4) is 0 Å². The number of hydrogen-bond acceptors (Lipinski definition) is 3. The summed E-state index contributed by atoms with van der Waals surface area (Å²) >= 11 is 0. The number of benzene rings is 2. The molecular weight excluding hydrogens is 320 g/mol. The smallest absolute Gasteiger partial charge is 0.335 e. The summed E-state index contributed by atoms with van der Waals surface area (Å²) in [5.41, 5.74) is 2.58. The van der Waals surface area contributed by atoms with E-state index < -0.39 is 5.97 Å². The molecule has 0 spiro atoms. The lowest BCUT2D eigenvalue weighted by Gasteiger charge is -2.07. The van der Waals surface area contributed by atoms with Crippen LogP contribution in [0, 0.1) is 6.92 Å². The fourth-order valence-corrected chi connectivity index (χ4v) is 2.23. The van der Waals surface area contributed by atoms with Gasteiger partial charge in [0.25, 0.3) is 5.91 Å². The average molecular weight is 340 g/mol.